The lowest BCUT2D eigenvalue weighted by molar-refractivity contribution is -0.111. The van der Waals surface area contributed by atoms with Crippen molar-refractivity contribution in [2.45, 2.75) is 19.4 Å². The van der Waals surface area contributed by atoms with E-state index in [-0.39, 0.29) is 16.8 Å². The van der Waals surface area contributed by atoms with Crippen LogP contribution in [0.3, 0.4) is 0 Å². The van der Waals surface area contributed by atoms with Gasteiger partial charge in [0, 0.05) is 18.2 Å². The van der Waals surface area contributed by atoms with Crippen molar-refractivity contribution >= 4 is 34.5 Å². The molecule has 0 atom stereocenters. The zero-order valence-electron chi connectivity index (χ0n) is 14.9. The molecule has 0 unspecified atom stereocenters. The maximum Gasteiger partial charge on any atom is 0.337 e. The number of rotatable bonds is 6. The smallest absolute Gasteiger partial charge is 0.337 e. The van der Waals surface area contributed by atoms with Crippen LogP contribution >= 0.6 is 0 Å². The van der Waals surface area contributed by atoms with Crippen LogP contribution in [0.25, 0.3) is 17.0 Å². The fourth-order valence-electron chi connectivity index (χ4n) is 3.07. The summed E-state index contributed by atoms with van der Waals surface area (Å²) in [5.41, 5.74) is 1.17. The molecule has 1 heterocycles. The van der Waals surface area contributed by atoms with Gasteiger partial charge in [0.2, 0.25) is 5.91 Å². The topological polar surface area (TPSA) is 84.2 Å². The number of benzene rings is 2. The standard InChI is InChI=1S/C21H18FN3O3/c22-20-14(7-9-18-16(20)11-23-25(18)12-13-5-6-13)8-10-19(26)24-17-4-2-1-3-15(17)21(27)28/h1-4,7-11,13H,5-6,12H2,(H,24,26)(H,27,28)/b10-8+. The Morgan fingerprint density at radius 1 is 1.25 bits per heavy atom. The number of aromatic nitrogens is 2. The van der Waals surface area contributed by atoms with Crippen LogP contribution in [0, 0.1) is 11.7 Å². The number of nitrogens with one attached hydrogen (secondary N) is 1. The van der Waals surface area contributed by atoms with Crippen LogP contribution in [0.2, 0.25) is 0 Å². The van der Waals surface area contributed by atoms with E-state index in [0.29, 0.717) is 11.3 Å². The van der Waals surface area contributed by atoms with Gasteiger partial charge in [-0.15, -0.1) is 0 Å². The molecule has 0 spiro atoms. The van der Waals surface area contributed by atoms with Crippen molar-refractivity contribution < 1.29 is 19.1 Å². The lowest BCUT2D eigenvalue weighted by Gasteiger charge is -2.06. The third-order valence-electron chi connectivity index (χ3n) is 4.75. The first kappa shape index (κ1) is 17.9. The first-order valence-electron chi connectivity index (χ1n) is 8.98. The number of hydrogen-bond acceptors (Lipinski definition) is 3. The predicted molar refractivity (Wildman–Crippen MR) is 103 cm³/mol. The molecule has 1 amide bonds. The minimum absolute atomic E-state index is 0.0140. The molecule has 3 aromatic rings. The summed E-state index contributed by atoms with van der Waals surface area (Å²) in [6.07, 6.45) is 6.42. The van der Waals surface area contributed by atoms with Gasteiger partial charge in [-0.25, -0.2) is 9.18 Å². The molecule has 1 aliphatic rings. The normalized spacial score (nSPS) is 13.9. The molecule has 1 saturated carbocycles. The van der Waals surface area contributed by atoms with Gasteiger partial charge in [0.15, 0.2) is 0 Å². The minimum Gasteiger partial charge on any atom is -0.478 e. The number of carboxylic acids is 1. The van der Waals surface area contributed by atoms with Gasteiger partial charge >= 0.3 is 5.97 Å². The van der Waals surface area contributed by atoms with E-state index in [1.165, 1.54) is 43.3 Å². The second kappa shape index (κ2) is 7.26. The number of carbonyl (C=O) groups is 2. The zero-order chi connectivity index (χ0) is 19.7. The Kier molecular flexibility index (Phi) is 4.65. The van der Waals surface area contributed by atoms with Crippen molar-refractivity contribution in [1.82, 2.24) is 9.78 Å². The van der Waals surface area contributed by atoms with E-state index in [2.05, 4.69) is 10.4 Å². The number of anilines is 1. The van der Waals surface area contributed by atoms with Crippen molar-refractivity contribution in [2.24, 2.45) is 5.92 Å². The molecular weight excluding hydrogens is 361 g/mol. The molecular formula is C21H18FN3O3. The van der Waals surface area contributed by atoms with Crippen molar-refractivity contribution in [3.63, 3.8) is 0 Å². The maximum atomic E-state index is 14.8. The van der Waals surface area contributed by atoms with Crippen molar-refractivity contribution in [3.8, 4) is 0 Å². The number of para-hydroxylation sites is 1. The highest BCUT2D eigenvalue weighted by atomic mass is 19.1. The molecule has 1 aliphatic carbocycles. The van der Waals surface area contributed by atoms with E-state index in [1.807, 2.05) is 4.68 Å². The van der Waals surface area contributed by atoms with Crippen LogP contribution in [0.1, 0.15) is 28.8 Å². The summed E-state index contributed by atoms with van der Waals surface area (Å²) in [6, 6.07) is 9.50. The van der Waals surface area contributed by atoms with E-state index >= 15 is 0 Å². The number of hydrogen-bond donors (Lipinski definition) is 2. The molecule has 4 rings (SSSR count). The highest BCUT2D eigenvalue weighted by Crippen LogP contribution is 2.32. The van der Waals surface area contributed by atoms with Crippen LogP contribution in [0.4, 0.5) is 10.1 Å². The fourth-order valence-corrected chi connectivity index (χ4v) is 3.07. The van der Waals surface area contributed by atoms with Gasteiger partial charge < -0.3 is 10.4 Å². The second-order valence-electron chi connectivity index (χ2n) is 6.84. The summed E-state index contributed by atoms with van der Waals surface area (Å²) in [4.78, 5) is 23.3. The molecule has 0 bridgehead atoms. The number of amides is 1. The number of aromatic carboxylic acids is 1. The molecule has 2 aromatic carbocycles. The summed E-state index contributed by atoms with van der Waals surface area (Å²) in [6.45, 7) is 0.795. The molecule has 7 heteroatoms. The summed E-state index contributed by atoms with van der Waals surface area (Å²) in [5.74, 6) is -1.49. The van der Waals surface area contributed by atoms with Crippen LogP contribution < -0.4 is 5.32 Å². The Morgan fingerprint density at radius 2 is 2.04 bits per heavy atom. The zero-order valence-corrected chi connectivity index (χ0v) is 14.9. The van der Waals surface area contributed by atoms with Crippen molar-refractivity contribution in [2.75, 3.05) is 5.32 Å². The first-order valence-corrected chi connectivity index (χ1v) is 8.98. The van der Waals surface area contributed by atoms with Gasteiger partial charge in [-0.2, -0.15) is 5.10 Å². The lowest BCUT2D eigenvalue weighted by Crippen LogP contribution is -2.11. The monoisotopic (exact) mass is 379 g/mol. The first-order chi connectivity index (χ1) is 13.5. The largest absolute Gasteiger partial charge is 0.478 e. The third-order valence-corrected chi connectivity index (χ3v) is 4.75. The number of halogens is 1. The quantitative estimate of drug-likeness (QED) is 0.636. The van der Waals surface area contributed by atoms with Crippen molar-refractivity contribution in [3.05, 3.63) is 65.6 Å². The molecule has 0 radical (unpaired) electrons. The Labute approximate surface area is 160 Å². The van der Waals surface area contributed by atoms with E-state index in [1.54, 1.807) is 24.3 Å². The average molecular weight is 379 g/mol. The molecule has 6 nitrogen and oxygen atoms in total. The van der Waals surface area contributed by atoms with Gasteiger partial charge in [0.05, 0.1) is 28.4 Å². The van der Waals surface area contributed by atoms with E-state index in [0.717, 1.165) is 12.1 Å². The fraction of sp³-hybridized carbons (Fsp3) is 0.190. The SMILES string of the molecule is O=C(/C=C/c1ccc2c(cnn2CC2CC2)c1F)Nc1ccccc1C(=O)O. The maximum absolute atomic E-state index is 14.8. The van der Waals surface area contributed by atoms with Gasteiger partial charge in [-0.05, 0) is 49.1 Å². The Bertz CT molecular complexity index is 1100. The lowest BCUT2D eigenvalue weighted by atomic mass is 10.1. The Balaban J connectivity index is 1.52. The van der Waals surface area contributed by atoms with Crippen LogP contribution in [0.15, 0.2) is 48.7 Å². The van der Waals surface area contributed by atoms with Gasteiger partial charge in [-0.1, -0.05) is 12.1 Å². The van der Waals surface area contributed by atoms with Crippen LogP contribution in [-0.2, 0) is 11.3 Å². The summed E-state index contributed by atoms with van der Waals surface area (Å²) < 4.78 is 16.6. The minimum atomic E-state index is -1.14. The number of nitrogens with zero attached hydrogens (tertiary/aromatic N) is 2. The molecule has 142 valence electrons. The average Bonchev–Trinajstić information content (AvgIpc) is 3.40. The van der Waals surface area contributed by atoms with Crippen LogP contribution in [-0.4, -0.2) is 26.8 Å². The molecule has 1 aromatic heterocycles. The highest BCUT2D eigenvalue weighted by molar-refractivity contribution is 6.06. The Hall–Kier alpha value is -3.48. The van der Waals surface area contributed by atoms with E-state index in [4.69, 9.17) is 5.11 Å². The molecule has 2 N–H and O–H groups in total. The van der Waals surface area contributed by atoms with E-state index < -0.39 is 17.7 Å². The van der Waals surface area contributed by atoms with Gasteiger partial charge in [-0.3, -0.25) is 9.48 Å². The van der Waals surface area contributed by atoms with Crippen LogP contribution in [0.5, 0.6) is 0 Å². The van der Waals surface area contributed by atoms with Gasteiger partial charge in [0.25, 0.3) is 0 Å². The Morgan fingerprint density at radius 3 is 2.79 bits per heavy atom. The molecule has 1 fully saturated rings. The predicted octanol–water partition coefficient (Wildman–Crippen LogP) is 3.94. The third kappa shape index (κ3) is 3.64. The van der Waals surface area contributed by atoms with Gasteiger partial charge in [0.1, 0.15) is 5.82 Å². The molecule has 0 saturated heterocycles. The summed E-state index contributed by atoms with van der Waals surface area (Å²) >= 11 is 0. The molecule has 28 heavy (non-hydrogen) atoms. The molecule has 0 aliphatic heterocycles. The highest BCUT2D eigenvalue weighted by Gasteiger charge is 2.23. The summed E-state index contributed by atoms with van der Waals surface area (Å²) in [7, 11) is 0. The second-order valence-corrected chi connectivity index (χ2v) is 6.84. The number of fused-ring (bicyclic) bond motifs is 1. The van der Waals surface area contributed by atoms with Crippen molar-refractivity contribution in [1.29, 1.82) is 0 Å². The number of carbonyl (C=O) groups excluding carboxylic acids is 1. The van der Waals surface area contributed by atoms with E-state index in [9.17, 15) is 14.0 Å². The number of carboxylic acid groups (broad SMARTS) is 1. The summed E-state index contributed by atoms with van der Waals surface area (Å²) in [5, 5.41) is 16.4.